The number of hydrogen-bond acceptors (Lipinski definition) is 6. The molecule has 0 spiro atoms. The number of nitrogens with one attached hydrogen (secondary N) is 1. The second kappa shape index (κ2) is 6.97. The second-order valence-electron chi connectivity index (χ2n) is 6.46. The molecule has 9 heteroatoms. The predicted octanol–water partition coefficient (Wildman–Crippen LogP) is -0.710. The molecule has 1 N–H and O–H groups in total. The third-order valence-electron chi connectivity index (χ3n) is 4.23. The van der Waals surface area contributed by atoms with Crippen LogP contribution in [-0.4, -0.2) is 71.3 Å². The summed E-state index contributed by atoms with van der Waals surface area (Å²) >= 11 is 0. The zero-order valence-electron chi connectivity index (χ0n) is 15.3. The molecule has 2 heterocycles. The van der Waals surface area contributed by atoms with Gasteiger partial charge in [0.1, 0.15) is 0 Å². The van der Waals surface area contributed by atoms with Crippen molar-refractivity contribution in [3.63, 3.8) is 0 Å². The monoisotopic (exact) mass is 368 g/mol. The Bertz CT molecular complexity index is 898. The van der Waals surface area contributed by atoms with Gasteiger partial charge >= 0.3 is 17.8 Å². The van der Waals surface area contributed by atoms with E-state index in [0.29, 0.717) is 18.3 Å². The Morgan fingerprint density at radius 3 is 2.59 bits per heavy atom. The normalized spacial score (nSPS) is 19.4. The molecule has 1 aromatic carbocycles. The lowest BCUT2D eigenvalue weighted by Gasteiger charge is -2.31. The fraction of sp³-hybridized carbons (Fsp3) is 0.278. The molecule has 1 unspecified atom stereocenters. The number of benzene rings is 1. The summed E-state index contributed by atoms with van der Waals surface area (Å²) in [6.45, 7) is 6.12. The zero-order valence-corrected chi connectivity index (χ0v) is 15.3. The highest BCUT2D eigenvalue weighted by atomic mass is 16.3. The first-order valence-corrected chi connectivity index (χ1v) is 8.27. The van der Waals surface area contributed by atoms with Gasteiger partial charge in [0.25, 0.3) is 5.91 Å². The average molecular weight is 368 g/mol. The summed E-state index contributed by atoms with van der Waals surface area (Å²) in [6, 6.07) is 5.03. The number of fused-ring (bicyclic) bond motifs is 1. The van der Waals surface area contributed by atoms with Gasteiger partial charge in [-0.3, -0.25) is 9.69 Å². The molecule has 1 atom stereocenters. The van der Waals surface area contributed by atoms with Gasteiger partial charge in [-0.1, -0.05) is 36.4 Å². The van der Waals surface area contributed by atoms with Crippen LogP contribution >= 0.6 is 0 Å². The molecule has 9 nitrogen and oxygen atoms in total. The van der Waals surface area contributed by atoms with Crippen molar-refractivity contribution in [3.8, 4) is 5.75 Å². The zero-order chi connectivity index (χ0) is 19.7. The minimum atomic E-state index is -0.716. The number of likely N-dealkylation sites (N-methyl/N-ethyl adjacent to an activating group) is 2. The van der Waals surface area contributed by atoms with Crippen molar-refractivity contribution >= 4 is 29.9 Å². The number of guanidine groups is 1. The van der Waals surface area contributed by atoms with Crippen LogP contribution in [0.1, 0.15) is 12.5 Å². The number of carbonyl (C=O) groups excluding carboxylic acids is 2. The highest BCUT2D eigenvalue weighted by molar-refractivity contribution is 6.23. The number of hydrazone groups is 1. The summed E-state index contributed by atoms with van der Waals surface area (Å²) in [5, 5.41) is 15.3. The van der Waals surface area contributed by atoms with Gasteiger partial charge in [0.2, 0.25) is 6.04 Å². The van der Waals surface area contributed by atoms with Crippen LogP contribution in [0.3, 0.4) is 0 Å². The van der Waals surface area contributed by atoms with Gasteiger partial charge in [-0.2, -0.15) is 5.43 Å². The van der Waals surface area contributed by atoms with Crippen molar-refractivity contribution in [1.82, 2.24) is 24.8 Å². The molecular formula is C18H20N6O3. The Morgan fingerprint density at radius 2 is 1.96 bits per heavy atom. The van der Waals surface area contributed by atoms with E-state index < -0.39 is 12.1 Å². The van der Waals surface area contributed by atoms with Crippen LogP contribution < -0.4 is 15.2 Å². The molecule has 140 valence electrons. The van der Waals surface area contributed by atoms with Gasteiger partial charge in [0.05, 0.1) is 19.8 Å². The van der Waals surface area contributed by atoms with Crippen LogP contribution in [0.15, 0.2) is 41.5 Å². The number of amides is 3. The number of imide groups is 1. The Hall–Kier alpha value is -3.58. The molecule has 3 rings (SSSR count). The third-order valence-corrected chi connectivity index (χ3v) is 4.23. The van der Waals surface area contributed by atoms with E-state index in [1.165, 1.54) is 30.3 Å². The highest BCUT2D eigenvalue weighted by Crippen LogP contribution is 2.18. The number of rotatable bonds is 4. The maximum Gasteiger partial charge on any atom is 0.421 e. The van der Waals surface area contributed by atoms with Crippen LogP contribution in [0.2, 0.25) is 0 Å². The van der Waals surface area contributed by atoms with Crippen LogP contribution in [0.5, 0.6) is 5.75 Å². The Morgan fingerprint density at radius 1 is 1.30 bits per heavy atom. The fourth-order valence-corrected chi connectivity index (χ4v) is 2.86. The van der Waals surface area contributed by atoms with E-state index in [0.717, 1.165) is 16.0 Å². The molecule has 27 heavy (non-hydrogen) atoms. The van der Waals surface area contributed by atoms with Crippen LogP contribution in [0.4, 0.5) is 4.79 Å². The average Bonchev–Trinajstić information content (AvgIpc) is 2.98. The van der Waals surface area contributed by atoms with Crippen LogP contribution in [0, 0.1) is 0 Å². The first-order chi connectivity index (χ1) is 12.8. The second-order valence-corrected chi connectivity index (χ2v) is 6.46. The number of amidine groups is 1. The van der Waals surface area contributed by atoms with Crippen molar-refractivity contribution in [2.24, 2.45) is 5.10 Å². The van der Waals surface area contributed by atoms with E-state index in [1.807, 2.05) is 6.92 Å². The minimum Gasteiger partial charge on any atom is -0.872 e. The Balaban J connectivity index is 1.88. The number of nitrogens with zero attached hydrogens (tertiary/aromatic N) is 5. The molecule has 2 aliphatic heterocycles. The Labute approximate surface area is 156 Å². The summed E-state index contributed by atoms with van der Waals surface area (Å²) in [5.41, 5.74) is 4.39. The van der Waals surface area contributed by atoms with Crippen LogP contribution in [0.25, 0.3) is 0 Å². The van der Waals surface area contributed by atoms with E-state index in [1.54, 1.807) is 24.1 Å². The van der Waals surface area contributed by atoms with Gasteiger partial charge in [-0.05, 0) is 12.5 Å². The van der Waals surface area contributed by atoms with E-state index >= 15 is 0 Å². The molecule has 0 bridgehead atoms. The SMILES string of the molecule is C=C(C)CN1C(N/N=C/c2ccc([O-])cc2)=[N+]=C2C1C(=O)N(C)C(=O)N2C. The summed E-state index contributed by atoms with van der Waals surface area (Å²) in [4.78, 5) is 29.0. The predicted molar refractivity (Wildman–Crippen MR) is 100 cm³/mol. The van der Waals surface area contributed by atoms with Crippen molar-refractivity contribution in [3.05, 3.63) is 42.0 Å². The van der Waals surface area contributed by atoms with Gasteiger partial charge in [-0.15, -0.1) is 10.9 Å². The summed E-state index contributed by atoms with van der Waals surface area (Å²) < 4.78 is 4.41. The first-order valence-electron chi connectivity index (χ1n) is 8.27. The van der Waals surface area contributed by atoms with Crippen LogP contribution in [-0.2, 0) is 4.79 Å². The summed E-state index contributed by atoms with van der Waals surface area (Å²) in [5.74, 6) is 0.254. The van der Waals surface area contributed by atoms with Gasteiger partial charge in [0.15, 0.2) is 0 Å². The molecule has 1 saturated heterocycles. The van der Waals surface area contributed by atoms with E-state index in [9.17, 15) is 14.7 Å². The standard InChI is InChI=1S/C18H20N6O3/c1-11(2)10-24-14-15(22(3)18(27)23(4)16(14)26)20-17(24)21-19-9-12-5-7-13(25)8-6-12/h5-9,14H,1,10H2,2-4H3,(H,19,25). The van der Waals surface area contributed by atoms with Gasteiger partial charge in [0, 0.05) is 7.05 Å². The molecule has 0 saturated carbocycles. The third kappa shape index (κ3) is 3.40. The lowest BCUT2D eigenvalue weighted by atomic mass is 10.1. The molecule has 0 aromatic heterocycles. The molecule has 3 amide bonds. The maximum atomic E-state index is 12.6. The highest BCUT2D eigenvalue weighted by Gasteiger charge is 2.54. The van der Waals surface area contributed by atoms with E-state index in [2.05, 4.69) is 21.8 Å². The summed E-state index contributed by atoms with van der Waals surface area (Å²) in [7, 11) is 3.02. The van der Waals surface area contributed by atoms with Crippen molar-refractivity contribution in [2.75, 3.05) is 20.6 Å². The molecule has 0 aliphatic carbocycles. The van der Waals surface area contributed by atoms with Crippen molar-refractivity contribution in [1.29, 1.82) is 0 Å². The largest absolute Gasteiger partial charge is 0.872 e. The molecule has 1 aromatic rings. The summed E-state index contributed by atoms with van der Waals surface area (Å²) in [6.07, 6.45) is 1.54. The molecule has 2 aliphatic rings. The molecular weight excluding hydrogens is 348 g/mol. The molecule has 0 radical (unpaired) electrons. The topological polar surface area (TPSA) is 105 Å². The smallest absolute Gasteiger partial charge is 0.421 e. The van der Waals surface area contributed by atoms with Crippen molar-refractivity contribution in [2.45, 2.75) is 13.0 Å². The lowest BCUT2D eigenvalue weighted by molar-refractivity contribution is -0.268. The fourth-order valence-electron chi connectivity index (χ4n) is 2.86. The molecule has 1 fully saturated rings. The number of hydrogen-bond donors (Lipinski definition) is 1. The van der Waals surface area contributed by atoms with Gasteiger partial charge < -0.3 is 5.11 Å². The minimum absolute atomic E-state index is 0.0799. The first kappa shape index (κ1) is 18.2. The Kier molecular flexibility index (Phi) is 4.70. The van der Waals surface area contributed by atoms with Gasteiger partial charge in [-0.25, -0.2) is 19.3 Å². The number of urea groups is 1. The van der Waals surface area contributed by atoms with E-state index in [-0.39, 0.29) is 11.7 Å². The quantitative estimate of drug-likeness (QED) is 0.327. The maximum absolute atomic E-state index is 12.6. The number of carbonyl (C=O) groups is 2. The van der Waals surface area contributed by atoms with E-state index in [4.69, 9.17) is 0 Å². The van der Waals surface area contributed by atoms with Crippen molar-refractivity contribution < 1.29 is 14.7 Å². The lowest BCUT2D eigenvalue weighted by Crippen LogP contribution is -2.64.